The lowest BCUT2D eigenvalue weighted by atomic mass is 9.70. The molecule has 0 N–H and O–H groups in total. The zero-order valence-corrected chi connectivity index (χ0v) is 23.3. The number of hydrogen-bond acceptors (Lipinski definition) is 4. The number of fused-ring (bicyclic) bond motifs is 4. The predicted molar refractivity (Wildman–Crippen MR) is 170 cm³/mol. The molecule has 0 saturated heterocycles. The van der Waals surface area contributed by atoms with Crippen LogP contribution in [0.5, 0.6) is 11.5 Å². The second-order valence-electron chi connectivity index (χ2n) is 10.9. The molecule has 0 spiro atoms. The molecule has 202 valence electrons. The van der Waals surface area contributed by atoms with E-state index in [1.54, 1.807) is 0 Å². The molecule has 2 heterocycles. The maximum atomic E-state index is 6.59. The highest BCUT2D eigenvalue weighted by atomic mass is 16.5. The minimum atomic E-state index is -0.556. The SMILES string of the molecule is CN1CN(c2cccc(Oc3cccc(C4(c5ccccn5)c5ccccc5-c5ccccc54)c3)c2)c2ccccc21. The second kappa shape index (κ2) is 9.64. The van der Waals surface area contributed by atoms with Crippen LogP contribution in [0.3, 0.4) is 0 Å². The van der Waals surface area contributed by atoms with Gasteiger partial charge in [0.25, 0.3) is 0 Å². The van der Waals surface area contributed by atoms with Crippen molar-refractivity contribution in [1.29, 1.82) is 0 Å². The van der Waals surface area contributed by atoms with E-state index >= 15 is 0 Å². The minimum Gasteiger partial charge on any atom is -0.457 e. The fraction of sp³-hybridized carbons (Fsp3) is 0.0789. The Morgan fingerprint density at radius 1 is 0.619 bits per heavy atom. The van der Waals surface area contributed by atoms with Crippen LogP contribution in [0.4, 0.5) is 17.1 Å². The summed E-state index contributed by atoms with van der Waals surface area (Å²) in [5, 5.41) is 0. The van der Waals surface area contributed by atoms with Gasteiger partial charge in [-0.05, 0) is 76.3 Å². The van der Waals surface area contributed by atoms with Crippen LogP contribution >= 0.6 is 0 Å². The van der Waals surface area contributed by atoms with Crippen molar-refractivity contribution in [2.24, 2.45) is 0 Å². The third-order valence-corrected chi connectivity index (χ3v) is 8.57. The first-order valence-electron chi connectivity index (χ1n) is 14.3. The third kappa shape index (κ3) is 3.65. The average molecular weight is 544 g/mol. The highest BCUT2D eigenvalue weighted by Crippen LogP contribution is 2.55. The zero-order chi connectivity index (χ0) is 28.1. The molecule has 0 bridgehead atoms. The molecule has 0 radical (unpaired) electrons. The number of rotatable bonds is 5. The summed E-state index contributed by atoms with van der Waals surface area (Å²) < 4.78 is 6.59. The quantitative estimate of drug-likeness (QED) is 0.217. The van der Waals surface area contributed by atoms with Crippen molar-refractivity contribution in [1.82, 2.24) is 4.98 Å². The van der Waals surface area contributed by atoms with E-state index in [0.29, 0.717) is 0 Å². The highest BCUT2D eigenvalue weighted by Gasteiger charge is 2.47. The van der Waals surface area contributed by atoms with Gasteiger partial charge in [-0.15, -0.1) is 0 Å². The lowest BCUT2D eigenvalue weighted by molar-refractivity contribution is 0.481. The average Bonchev–Trinajstić information content (AvgIpc) is 3.55. The van der Waals surface area contributed by atoms with E-state index in [1.807, 2.05) is 24.4 Å². The first-order chi connectivity index (χ1) is 20.7. The molecular formula is C38H29N3O. The Hall–Kier alpha value is -5.35. The molecule has 4 nitrogen and oxygen atoms in total. The Bertz CT molecular complexity index is 1890. The lowest BCUT2D eigenvalue weighted by Gasteiger charge is -2.32. The van der Waals surface area contributed by atoms with Crippen LogP contribution in [-0.2, 0) is 5.41 Å². The second-order valence-corrected chi connectivity index (χ2v) is 10.9. The number of anilines is 3. The van der Waals surface area contributed by atoms with Gasteiger partial charge in [0.2, 0.25) is 0 Å². The summed E-state index contributed by atoms with van der Waals surface area (Å²) >= 11 is 0. The molecule has 0 atom stereocenters. The van der Waals surface area contributed by atoms with Crippen molar-refractivity contribution in [3.8, 4) is 22.6 Å². The molecule has 6 aromatic rings. The molecule has 4 heteroatoms. The van der Waals surface area contributed by atoms with Gasteiger partial charge in [0, 0.05) is 25.0 Å². The van der Waals surface area contributed by atoms with Gasteiger partial charge in [-0.1, -0.05) is 84.9 Å². The van der Waals surface area contributed by atoms with Crippen molar-refractivity contribution in [3.63, 3.8) is 0 Å². The number of pyridine rings is 1. The van der Waals surface area contributed by atoms with Gasteiger partial charge < -0.3 is 14.5 Å². The van der Waals surface area contributed by atoms with E-state index in [0.717, 1.165) is 35.1 Å². The number of hydrogen-bond donors (Lipinski definition) is 0. The summed E-state index contributed by atoms with van der Waals surface area (Å²) in [6.07, 6.45) is 1.89. The van der Waals surface area contributed by atoms with Crippen LogP contribution in [0.25, 0.3) is 11.1 Å². The standard InChI is InChI=1S/C38H29N3O/c1-40-26-41(36-21-7-6-20-35(36)40)28-13-11-15-30(25-28)42-29-14-10-12-27(24-29)38(37-22-8-9-23-39-37)33-18-4-2-16-31(33)32-17-3-5-19-34(32)38/h2-25H,26H2,1H3. The van der Waals surface area contributed by atoms with E-state index in [2.05, 4.69) is 138 Å². The van der Waals surface area contributed by atoms with Crippen molar-refractivity contribution in [3.05, 3.63) is 168 Å². The van der Waals surface area contributed by atoms with Crippen LogP contribution < -0.4 is 14.5 Å². The molecule has 1 aliphatic heterocycles. The Morgan fingerprint density at radius 2 is 1.26 bits per heavy atom. The van der Waals surface area contributed by atoms with Crippen molar-refractivity contribution in [2.45, 2.75) is 5.41 Å². The van der Waals surface area contributed by atoms with Crippen LogP contribution in [0.1, 0.15) is 22.4 Å². The molecule has 0 amide bonds. The molecule has 2 aliphatic rings. The van der Waals surface area contributed by atoms with Crippen molar-refractivity contribution in [2.75, 3.05) is 23.5 Å². The fourth-order valence-electron chi connectivity index (χ4n) is 6.80. The van der Waals surface area contributed by atoms with Gasteiger partial charge in [-0.25, -0.2) is 0 Å². The largest absolute Gasteiger partial charge is 0.457 e. The molecular weight excluding hydrogens is 514 g/mol. The van der Waals surface area contributed by atoms with Crippen LogP contribution in [0.15, 0.2) is 146 Å². The van der Waals surface area contributed by atoms with Gasteiger partial charge in [-0.3, -0.25) is 4.98 Å². The lowest BCUT2D eigenvalue weighted by Crippen LogP contribution is -2.29. The van der Waals surface area contributed by atoms with E-state index in [1.165, 1.54) is 33.6 Å². The van der Waals surface area contributed by atoms with Crippen LogP contribution in [0.2, 0.25) is 0 Å². The molecule has 0 saturated carbocycles. The molecule has 0 unspecified atom stereocenters. The first-order valence-corrected chi connectivity index (χ1v) is 14.3. The predicted octanol–water partition coefficient (Wildman–Crippen LogP) is 8.78. The van der Waals surface area contributed by atoms with Gasteiger partial charge in [-0.2, -0.15) is 0 Å². The van der Waals surface area contributed by atoms with Crippen LogP contribution in [-0.4, -0.2) is 18.7 Å². The maximum Gasteiger partial charge on any atom is 0.129 e. The summed E-state index contributed by atoms with van der Waals surface area (Å²) in [7, 11) is 2.13. The number of aromatic nitrogens is 1. The Labute approximate surface area is 246 Å². The van der Waals surface area contributed by atoms with E-state index in [-0.39, 0.29) is 0 Å². The zero-order valence-electron chi connectivity index (χ0n) is 23.3. The minimum absolute atomic E-state index is 0.556. The van der Waals surface area contributed by atoms with E-state index in [4.69, 9.17) is 9.72 Å². The molecule has 42 heavy (non-hydrogen) atoms. The molecule has 5 aromatic carbocycles. The number of para-hydroxylation sites is 2. The van der Waals surface area contributed by atoms with Gasteiger partial charge in [0.1, 0.15) is 11.5 Å². The summed E-state index contributed by atoms with van der Waals surface area (Å²) in [5.74, 6) is 1.59. The first kappa shape index (κ1) is 24.4. The molecule has 0 fully saturated rings. The van der Waals surface area contributed by atoms with Crippen LogP contribution in [0, 0.1) is 0 Å². The van der Waals surface area contributed by atoms with Gasteiger partial charge >= 0.3 is 0 Å². The topological polar surface area (TPSA) is 28.6 Å². The number of ether oxygens (including phenoxy) is 1. The third-order valence-electron chi connectivity index (χ3n) is 8.57. The highest BCUT2D eigenvalue weighted by molar-refractivity contribution is 5.86. The fourth-order valence-corrected chi connectivity index (χ4v) is 6.80. The number of benzene rings is 5. The van der Waals surface area contributed by atoms with Gasteiger partial charge in [0.15, 0.2) is 0 Å². The summed E-state index contributed by atoms with van der Waals surface area (Å²) in [5.41, 5.74) is 10.1. The Morgan fingerprint density at radius 3 is 2.00 bits per heavy atom. The maximum absolute atomic E-state index is 6.59. The van der Waals surface area contributed by atoms with E-state index in [9.17, 15) is 0 Å². The smallest absolute Gasteiger partial charge is 0.129 e. The monoisotopic (exact) mass is 543 g/mol. The van der Waals surface area contributed by atoms with Gasteiger partial charge in [0.05, 0.1) is 29.2 Å². The summed E-state index contributed by atoms with van der Waals surface area (Å²) in [6.45, 7) is 0.795. The van der Waals surface area contributed by atoms with Crippen molar-refractivity contribution < 1.29 is 4.74 Å². The Balaban J connectivity index is 1.22. The van der Waals surface area contributed by atoms with Crippen molar-refractivity contribution >= 4 is 17.1 Å². The Kier molecular flexibility index (Phi) is 5.61. The van der Waals surface area contributed by atoms with E-state index < -0.39 is 5.41 Å². The summed E-state index contributed by atoms with van der Waals surface area (Å²) in [6, 6.07) is 49.0. The normalized spacial score (nSPS) is 14.3. The number of nitrogens with zero attached hydrogens (tertiary/aromatic N) is 3. The summed E-state index contributed by atoms with van der Waals surface area (Å²) in [4.78, 5) is 9.54. The molecule has 8 rings (SSSR count). The molecule has 1 aliphatic carbocycles. The molecule has 1 aromatic heterocycles.